The Morgan fingerprint density at radius 3 is 2.58 bits per heavy atom. The van der Waals surface area contributed by atoms with Gasteiger partial charge in [-0.05, 0) is 42.3 Å². The molecule has 0 saturated carbocycles. The molecule has 0 saturated heterocycles. The number of amides is 1. The van der Waals surface area contributed by atoms with Crippen LogP contribution in [0.25, 0.3) is 11.0 Å². The molecular weight excluding hydrogens is 490 g/mol. The molecule has 2 aromatic heterocycles. The average Bonchev–Trinajstić information content (AvgIpc) is 3.48. The lowest BCUT2D eigenvalue weighted by Crippen LogP contribution is -2.21. The van der Waals surface area contributed by atoms with Gasteiger partial charge in [0.2, 0.25) is 0 Å². The number of hydrogen-bond acceptors (Lipinski definition) is 9. The number of fused-ring (bicyclic) bond motifs is 1. The third kappa shape index (κ3) is 5.20. The highest BCUT2D eigenvalue weighted by molar-refractivity contribution is 7.92. The van der Waals surface area contributed by atoms with E-state index in [2.05, 4.69) is 25.0 Å². The predicted molar refractivity (Wildman–Crippen MR) is 130 cm³/mol. The molecule has 0 atom stereocenters. The van der Waals surface area contributed by atoms with Gasteiger partial charge in [0.25, 0.3) is 10.0 Å². The minimum atomic E-state index is -4.04. The molecule has 0 unspecified atom stereocenters. The number of alkyl carbamates (subject to hydrolysis) is 1. The Morgan fingerprint density at radius 2 is 1.86 bits per heavy atom. The van der Waals surface area contributed by atoms with Gasteiger partial charge in [0.15, 0.2) is 11.4 Å². The number of aromatic nitrogens is 3. The fourth-order valence-corrected chi connectivity index (χ4v) is 4.87. The van der Waals surface area contributed by atoms with Crippen molar-refractivity contribution in [3.05, 3.63) is 59.4 Å². The van der Waals surface area contributed by atoms with Crippen LogP contribution in [0.3, 0.4) is 0 Å². The van der Waals surface area contributed by atoms with E-state index in [1.165, 1.54) is 27.4 Å². The maximum absolute atomic E-state index is 13.1. The molecule has 0 radical (unpaired) electrons. The van der Waals surface area contributed by atoms with Crippen LogP contribution in [-0.2, 0) is 27.8 Å². The zero-order chi connectivity index (χ0) is 25.9. The number of carbonyl (C=O) groups is 1. The minimum Gasteiger partial charge on any atom is -0.496 e. The molecule has 0 aliphatic heterocycles. The van der Waals surface area contributed by atoms with E-state index >= 15 is 0 Å². The lowest BCUT2D eigenvalue weighted by atomic mass is 10.1. The Balaban J connectivity index is 1.60. The second-order valence-corrected chi connectivity index (χ2v) is 9.50. The fraction of sp³-hybridized carbons (Fsp3) is 0.261. The van der Waals surface area contributed by atoms with Gasteiger partial charge in [-0.15, -0.1) is 0 Å². The smallest absolute Gasteiger partial charge is 0.407 e. The molecule has 2 heterocycles. The molecule has 1 amide bonds. The molecule has 13 heteroatoms. The normalized spacial score (nSPS) is 11.3. The molecule has 4 rings (SSSR count). The summed E-state index contributed by atoms with van der Waals surface area (Å²) < 4.78 is 51.2. The lowest BCUT2D eigenvalue weighted by molar-refractivity contribution is 0.170. The molecule has 36 heavy (non-hydrogen) atoms. The largest absolute Gasteiger partial charge is 0.496 e. The topological polar surface area (TPSA) is 147 Å². The van der Waals surface area contributed by atoms with Crippen LogP contribution in [0.5, 0.6) is 11.5 Å². The highest BCUT2D eigenvalue weighted by atomic mass is 32.2. The molecule has 2 aromatic carbocycles. The summed E-state index contributed by atoms with van der Waals surface area (Å²) >= 11 is 0. The number of aryl methyl sites for hydroxylation is 1. The molecule has 0 aliphatic rings. The number of ether oxygens (including phenoxy) is 3. The van der Waals surface area contributed by atoms with Crippen LogP contribution in [0.1, 0.15) is 16.7 Å². The van der Waals surface area contributed by atoms with E-state index in [1.54, 1.807) is 48.3 Å². The zero-order valence-corrected chi connectivity index (χ0v) is 20.9. The number of carbonyl (C=O) groups excluding carboxylic acids is 1. The monoisotopic (exact) mass is 515 g/mol. The summed E-state index contributed by atoms with van der Waals surface area (Å²) in [5.74, 6) is 0.570. The van der Waals surface area contributed by atoms with E-state index in [0.29, 0.717) is 23.3 Å². The van der Waals surface area contributed by atoms with Crippen LogP contribution in [-0.4, -0.2) is 50.8 Å². The number of hydrogen-bond donors (Lipinski definition) is 2. The first kappa shape index (κ1) is 24.9. The van der Waals surface area contributed by atoms with Crippen molar-refractivity contribution in [3.63, 3.8) is 0 Å². The standard InChI is InChI=1S/C23H25N5O7S/c1-14-5-6-17(32-2)20(7-14)36(30,31)27-22-21-18(33-3)8-15(9-19(21)35-26-22)12-28-13-16(11-25-28)10-24-23(29)34-4/h5-9,11,13H,10,12H2,1-4H3,(H,24,29)(H,26,27). The summed E-state index contributed by atoms with van der Waals surface area (Å²) in [5.41, 5.74) is 2.65. The van der Waals surface area contributed by atoms with Crippen molar-refractivity contribution in [2.45, 2.75) is 24.9 Å². The van der Waals surface area contributed by atoms with Crippen LogP contribution in [0.15, 0.2) is 52.1 Å². The summed E-state index contributed by atoms with van der Waals surface area (Å²) in [4.78, 5) is 11.2. The first-order chi connectivity index (χ1) is 17.2. The van der Waals surface area contributed by atoms with Gasteiger partial charge in [-0.2, -0.15) is 5.10 Å². The number of benzene rings is 2. The van der Waals surface area contributed by atoms with E-state index in [-0.39, 0.29) is 23.0 Å². The Hall–Kier alpha value is -4.26. The van der Waals surface area contributed by atoms with E-state index in [9.17, 15) is 13.2 Å². The van der Waals surface area contributed by atoms with Gasteiger partial charge in [-0.25, -0.2) is 13.2 Å². The van der Waals surface area contributed by atoms with Gasteiger partial charge in [0.1, 0.15) is 21.8 Å². The number of sulfonamides is 1. The van der Waals surface area contributed by atoms with Crippen LogP contribution in [0.2, 0.25) is 0 Å². The third-order valence-corrected chi connectivity index (χ3v) is 6.67. The molecule has 4 aromatic rings. The number of nitrogens with one attached hydrogen (secondary N) is 2. The van der Waals surface area contributed by atoms with Gasteiger partial charge < -0.3 is 24.1 Å². The SMILES string of the molecule is COC(=O)NCc1cnn(Cc2cc(OC)c3c(NS(=O)(=O)c4cc(C)ccc4OC)noc3c2)c1. The number of nitrogens with zero attached hydrogens (tertiary/aromatic N) is 3. The van der Waals surface area contributed by atoms with Crippen LogP contribution < -0.4 is 19.5 Å². The van der Waals surface area contributed by atoms with Gasteiger partial charge in [-0.3, -0.25) is 9.40 Å². The van der Waals surface area contributed by atoms with Gasteiger partial charge in [0, 0.05) is 18.3 Å². The maximum Gasteiger partial charge on any atom is 0.407 e. The van der Waals surface area contributed by atoms with E-state index in [4.69, 9.17) is 14.0 Å². The van der Waals surface area contributed by atoms with Crippen LogP contribution in [0.4, 0.5) is 10.6 Å². The first-order valence-electron chi connectivity index (χ1n) is 10.7. The summed E-state index contributed by atoms with van der Waals surface area (Å²) in [6.45, 7) is 2.42. The highest BCUT2D eigenvalue weighted by Gasteiger charge is 2.24. The molecule has 0 bridgehead atoms. The molecule has 190 valence electrons. The Morgan fingerprint density at radius 1 is 1.08 bits per heavy atom. The summed E-state index contributed by atoms with van der Waals surface area (Å²) in [7, 11) is 0.124. The molecule has 2 N–H and O–H groups in total. The summed E-state index contributed by atoms with van der Waals surface area (Å²) in [5, 5.41) is 11.2. The average molecular weight is 516 g/mol. The van der Waals surface area contributed by atoms with E-state index < -0.39 is 16.1 Å². The van der Waals surface area contributed by atoms with Gasteiger partial charge in [-0.1, -0.05) is 11.2 Å². The van der Waals surface area contributed by atoms with Crippen molar-refractivity contribution in [1.82, 2.24) is 20.3 Å². The van der Waals surface area contributed by atoms with E-state index in [0.717, 1.165) is 16.7 Å². The van der Waals surface area contributed by atoms with Gasteiger partial charge >= 0.3 is 6.09 Å². The first-order valence-corrected chi connectivity index (χ1v) is 12.2. The predicted octanol–water partition coefficient (Wildman–Crippen LogP) is 3.06. The van der Waals surface area contributed by atoms with Crippen molar-refractivity contribution in [2.75, 3.05) is 26.1 Å². The van der Waals surface area contributed by atoms with Crippen molar-refractivity contribution in [2.24, 2.45) is 0 Å². The number of methoxy groups -OCH3 is 3. The molecule has 0 aliphatic carbocycles. The summed E-state index contributed by atoms with van der Waals surface area (Å²) in [6, 6.07) is 8.33. The van der Waals surface area contributed by atoms with Crippen molar-refractivity contribution < 1.29 is 31.9 Å². The molecular formula is C23H25N5O7S. The highest BCUT2D eigenvalue weighted by Crippen LogP contribution is 2.36. The third-order valence-electron chi connectivity index (χ3n) is 5.31. The second-order valence-electron chi connectivity index (χ2n) is 7.85. The Kier molecular flexibility index (Phi) is 7.01. The molecule has 0 fully saturated rings. The Labute approximate surface area is 207 Å². The number of anilines is 1. The molecule has 12 nitrogen and oxygen atoms in total. The van der Waals surface area contributed by atoms with Crippen LogP contribution >= 0.6 is 0 Å². The zero-order valence-electron chi connectivity index (χ0n) is 20.1. The quantitative estimate of drug-likeness (QED) is 0.343. The van der Waals surface area contributed by atoms with Gasteiger partial charge in [0.05, 0.1) is 34.1 Å². The van der Waals surface area contributed by atoms with Crippen molar-refractivity contribution >= 4 is 32.9 Å². The maximum atomic E-state index is 13.1. The lowest BCUT2D eigenvalue weighted by Gasteiger charge is -2.12. The second kappa shape index (κ2) is 10.2. The summed E-state index contributed by atoms with van der Waals surface area (Å²) in [6.07, 6.45) is 2.88. The van der Waals surface area contributed by atoms with Crippen LogP contribution in [0, 0.1) is 6.92 Å². The van der Waals surface area contributed by atoms with E-state index in [1.807, 2.05) is 0 Å². The van der Waals surface area contributed by atoms with Crippen molar-refractivity contribution in [3.8, 4) is 11.5 Å². The minimum absolute atomic E-state index is 0.00720. The Bertz CT molecular complexity index is 1510. The molecule has 0 spiro atoms. The number of rotatable bonds is 9. The fourth-order valence-electron chi connectivity index (χ4n) is 3.61. The van der Waals surface area contributed by atoms with Crippen molar-refractivity contribution in [1.29, 1.82) is 0 Å².